The molecule has 3 aromatic rings. The van der Waals surface area contributed by atoms with Crippen molar-refractivity contribution in [3.63, 3.8) is 0 Å². The average Bonchev–Trinajstić information content (AvgIpc) is 3.04. The van der Waals surface area contributed by atoms with Crippen molar-refractivity contribution in [1.29, 1.82) is 0 Å². The van der Waals surface area contributed by atoms with Gasteiger partial charge in [0.2, 0.25) is 0 Å². The second-order valence-corrected chi connectivity index (χ2v) is 7.01. The van der Waals surface area contributed by atoms with Crippen LogP contribution >= 0.6 is 23.2 Å². The number of hydrogen-bond acceptors (Lipinski definition) is 3. The van der Waals surface area contributed by atoms with Gasteiger partial charge in [-0.1, -0.05) is 41.4 Å². The fraction of sp³-hybridized carbons (Fsp3) is 0.250. The molecule has 0 amide bonds. The van der Waals surface area contributed by atoms with Gasteiger partial charge in [0.15, 0.2) is 0 Å². The fourth-order valence-electron chi connectivity index (χ4n) is 2.61. The lowest BCUT2D eigenvalue weighted by molar-refractivity contribution is 0.291. The number of nitrogens with one attached hydrogen (secondary N) is 1. The predicted molar refractivity (Wildman–Crippen MR) is 106 cm³/mol. The number of nitrogens with zero attached hydrogens (tertiary/aromatic N) is 2. The summed E-state index contributed by atoms with van der Waals surface area (Å²) in [6, 6.07) is 13.9. The molecule has 0 saturated carbocycles. The topological polar surface area (TPSA) is 39.1 Å². The van der Waals surface area contributed by atoms with Gasteiger partial charge >= 0.3 is 0 Å². The van der Waals surface area contributed by atoms with E-state index in [2.05, 4.69) is 23.3 Å². The Morgan fingerprint density at radius 1 is 1.19 bits per heavy atom. The van der Waals surface area contributed by atoms with Gasteiger partial charge in [-0.2, -0.15) is 0 Å². The van der Waals surface area contributed by atoms with E-state index in [4.69, 9.17) is 27.9 Å². The molecule has 4 nitrogen and oxygen atoms in total. The van der Waals surface area contributed by atoms with E-state index in [1.54, 1.807) is 6.20 Å². The highest BCUT2D eigenvalue weighted by Gasteiger charge is 2.09. The maximum Gasteiger partial charge on any atom is 0.146 e. The van der Waals surface area contributed by atoms with Crippen LogP contribution in [0.4, 0.5) is 0 Å². The summed E-state index contributed by atoms with van der Waals surface area (Å²) in [6.07, 6.45) is 3.63. The molecule has 0 saturated heterocycles. The van der Waals surface area contributed by atoms with Gasteiger partial charge in [-0.3, -0.25) is 0 Å². The van der Waals surface area contributed by atoms with Crippen LogP contribution in [0.15, 0.2) is 54.9 Å². The Kier molecular flexibility index (Phi) is 6.20. The zero-order valence-electron chi connectivity index (χ0n) is 14.7. The molecule has 2 aromatic carbocycles. The summed E-state index contributed by atoms with van der Waals surface area (Å²) in [4.78, 5) is 4.25. The lowest BCUT2D eigenvalue weighted by atomic mass is 10.1. The summed E-state index contributed by atoms with van der Waals surface area (Å²) in [5, 5.41) is 4.83. The van der Waals surface area contributed by atoms with E-state index in [-0.39, 0.29) is 6.04 Å². The van der Waals surface area contributed by atoms with Crippen LogP contribution in [0.1, 0.15) is 29.9 Å². The molecule has 136 valence electrons. The summed E-state index contributed by atoms with van der Waals surface area (Å²) < 4.78 is 7.77. The number of imidazole rings is 1. The maximum absolute atomic E-state index is 6.26. The maximum atomic E-state index is 6.26. The van der Waals surface area contributed by atoms with E-state index in [0.717, 1.165) is 22.0 Å². The number of hydrogen-bond donors (Lipinski definition) is 1. The third-order valence-electron chi connectivity index (χ3n) is 4.23. The number of aromatic nitrogens is 2. The standard InChI is InChI=1S/C20H21Cl2N3O/c1-14(16-4-3-5-17(21)11-16)24-12-15-6-7-18(22)19(10-15)26-13-20-23-8-9-25(20)2/h3-11,14,24H,12-13H2,1-2H3. The van der Waals surface area contributed by atoms with E-state index in [0.29, 0.717) is 23.9 Å². The molecule has 0 aliphatic rings. The van der Waals surface area contributed by atoms with Gasteiger partial charge in [0.25, 0.3) is 0 Å². The molecule has 6 heteroatoms. The first-order valence-electron chi connectivity index (χ1n) is 8.39. The summed E-state index contributed by atoms with van der Waals surface area (Å²) in [5.74, 6) is 1.50. The SMILES string of the molecule is CC(NCc1ccc(Cl)c(OCc2nccn2C)c1)c1cccc(Cl)c1. The Balaban J connectivity index is 1.62. The first kappa shape index (κ1) is 18.8. The second-order valence-electron chi connectivity index (χ2n) is 6.17. The quantitative estimate of drug-likeness (QED) is 0.606. The van der Waals surface area contributed by atoms with Crippen molar-refractivity contribution >= 4 is 23.2 Å². The van der Waals surface area contributed by atoms with Gasteiger partial charge in [-0.05, 0) is 42.3 Å². The Labute approximate surface area is 163 Å². The van der Waals surface area contributed by atoms with Crippen molar-refractivity contribution < 1.29 is 4.74 Å². The van der Waals surface area contributed by atoms with E-state index in [1.807, 2.05) is 54.2 Å². The van der Waals surface area contributed by atoms with Crippen LogP contribution in [0.2, 0.25) is 10.0 Å². The van der Waals surface area contributed by atoms with Gasteiger partial charge in [-0.25, -0.2) is 4.98 Å². The van der Waals surface area contributed by atoms with E-state index in [9.17, 15) is 0 Å². The molecule has 1 N–H and O–H groups in total. The van der Waals surface area contributed by atoms with Crippen molar-refractivity contribution in [2.24, 2.45) is 7.05 Å². The van der Waals surface area contributed by atoms with Crippen LogP contribution in [-0.2, 0) is 20.2 Å². The van der Waals surface area contributed by atoms with Gasteiger partial charge in [0.05, 0.1) is 5.02 Å². The number of halogens is 2. The van der Waals surface area contributed by atoms with Crippen molar-refractivity contribution in [3.05, 3.63) is 81.9 Å². The number of benzene rings is 2. The highest BCUT2D eigenvalue weighted by Crippen LogP contribution is 2.27. The van der Waals surface area contributed by atoms with Crippen molar-refractivity contribution in [1.82, 2.24) is 14.9 Å². The zero-order chi connectivity index (χ0) is 18.5. The molecule has 3 rings (SSSR count). The molecular formula is C20H21Cl2N3O. The zero-order valence-corrected chi connectivity index (χ0v) is 16.3. The Morgan fingerprint density at radius 3 is 2.77 bits per heavy atom. The molecule has 1 heterocycles. The van der Waals surface area contributed by atoms with Crippen molar-refractivity contribution in [3.8, 4) is 5.75 Å². The average molecular weight is 390 g/mol. The highest BCUT2D eigenvalue weighted by molar-refractivity contribution is 6.32. The minimum atomic E-state index is 0.182. The molecule has 1 aromatic heterocycles. The van der Waals surface area contributed by atoms with Gasteiger partial charge in [0, 0.05) is 37.1 Å². The third-order valence-corrected chi connectivity index (χ3v) is 4.78. The first-order chi connectivity index (χ1) is 12.5. The Hall–Kier alpha value is -2.01. The van der Waals surface area contributed by atoms with Gasteiger partial charge < -0.3 is 14.6 Å². The van der Waals surface area contributed by atoms with Crippen molar-refractivity contribution in [2.75, 3.05) is 0 Å². The van der Waals surface area contributed by atoms with Crippen LogP contribution in [0.5, 0.6) is 5.75 Å². The number of ether oxygens (including phenoxy) is 1. The van der Waals surface area contributed by atoms with Crippen LogP contribution in [-0.4, -0.2) is 9.55 Å². The number of rotatable bonds is 7. The van der Waals surface area contributed by atoms with Crippen LogP contribution < -0.4 is 10.1 Å². The lowest BCUT2D eigenvalue weighted by Gasteiger charge is -2.15. The molecular weight excluding hydrogens is 369 g/mol. The minimum absolute atomic E-state index is 0.182. The van der Waals surface area contributed by atoms with Gasteiger partial charge in [0.1, 0.15) is 18.2 Å². The molecule has 0 aliphatic heterocycles. The molecule has 26 heavy (non-hydrogen) atoms. The Bertz CT molecular complexity index is 879. The van der Waals surface area contributed by atoms with Crippen LogP contribution in [0.3, 0.4) is 0 Å². The summed E-state index contributed by atoms with van der Waals surface area (Å²) >= 11 is 12.3. The predicted octanol–water partition coefficient (Wildman–Crippen LogP) is 5.16. The molecule has 0 fully saturated rings. The van der Waals surface area contributed by atoms with Crippen LogP contribution in [0, 0.1) is 0 Å². The normalized spacial score (nSPS) is 12.2. The van der Waals surface area contributed by atoms with Crippen LogP contribution in [0.25, 0.3) is 0 Å². The molecule has 1 atom stereocenters. The number of aryl methyl sites for hydroxylation is 1. The molecule has 0 radical (unpaired) electrons. The summed E-state index contributed by atoms with van der Waals surface area (Å²) in [5.41, 5.74) is 2.25. The summed E-state index contributed by atoms with van der Waals surface area (Å²) in [6.45, 7) is 3.18. The van der Waals surface area contributed by atoms with Gasteiger partial charge in [-0.15, -0.1) is 0 Å². The fourth-order valence-corrected chi connectivity index (χ4v) is 2.98. The van der Waals surface area contributed by atoms with E-state index < -0.39 is 0 Å². The third kappa shape index (κ3) is 4.79. The first-order valence-corrected chi connectivity index (χ1v) is 9.15. The summed E-state index contributed by atoms with van der Waals surface area (Å²) in [7, 11) is 1.94. The molecule has 0 aliphatic carbocycles. The highest BCUT2D eigenvalue weighted by atomic mass is 35.5. The smallest absolute Gasteiger partial charge is 0.146 e. The monoisotopic (exact) mass is 389 g/mol. The second kappa shape index (κ2) is 8.58. The van der Waals surface area contributed by atoms with E-state index in [1.165, 1.54) is 0 Å². The lowest BCUT2D eigenvalue weighted by Crippen LogP contribution is -2.18. The molecule has 0 bridgehead atoms. The largest absolute Gasteiger partial charge is 0.484 e. The van der Waals surface area contributed by atoms with Crippen molar-refractivity contribution in [2.45, 2.75) is 26.1 Å². The Morgan fingerprint density at radius 2 is 2.04 bits per heavy atom. The molecule has 0 spiro atoms. The minimum Gasteiger partial charge on any atom is -0.484 e. The van der Waals surface area contributed by atoms with E-state index >= 15 is 0 Å². The molecule has 1 unspecified atom stereocenters.